The van der Waals surface area contributed by atoms with Gasteiger partial charge in [-0.3, -0.25) is 13.6 Å². The minimum Gasteiger partial charge on any atom is -0.390 e. The SMILES string of the molecule is CCCCOP(=O)(O)OC[C@H]1O[C@@H](n2cnc3c(N)ncnc32)C[C@@H]1O. The Hall–Kier alpha value is -1.62. The molecule has 0 spiro atoms. The van der Waals surface area contributed by atoms with E-state index in [0.29, 0.717) is 17.6 Å². The van der Waals surface area contributed by atoms with Gasteiger partial charge < -0.3 is 20.5 Å². The fourth-order valence-electron chi connectivity index (χ4n) is 2.65. The Morgan fingerprint density at radius 3 is 3.00 bits per heavy atom. The molecule has 144 valence electrons. The van der Waals surface area contributed by atoms with Crippen molar-refractivity contribution in [1.29, 1.82) is 0 Å². The summed E-state index contributed by atoms with van der Waals surface area (Å²) in [5.41, 5.74) is 6.68. The highest BCUT2D eigenvalue weighted by atomic mass is 31.2. The lowest BCUT2D eigenvalue weighted by Gasteiger charge is -2.18. The van der Waals surface area contributed by atoms with E-state index < -0.39 is 26.3 Å². The van der Waals surface area contributed by atoms with Gasteiger partial charge in [0.05, 0.1) is 25.6 Å². The highest BCUT2D eigenvalue weighted by molar-refractivity contribution is 7.47. The maximum absolute atomic E-state index is 11.8. The smallest absolute Gasteiger partial charge is 0.390 e. The molecule has 1 saturated heterocycles. The summed E-state index contributed by atoms with van der Waals surface area (Å²) in [4.78, 5) is 21.8. The normalized spacial score (nSPS) is 25.6. The molecular weight excluding hydrogens is 365 g/mol. The van der Waals surface area contributed by atoms with Crippen molar-refractivity contribution >= 4 is 24.8 Å². The van der Waals surface area contributed by atoms with Crippen LogP contribution in [0.4, 0.5) is 5.82 Å². The van der Waals surface area contributed by atoms with Crippen LogP contribution >= 0.6 is 7.82 Å². The molecule has 12 heteroatoms. The number of imidazole rings is 1. The van der Waals surface area contributed by atoms with Gasteiger partial charge in [0.1, 0.15) is 24.2 Å². The van der Waals surface area contributed by atoms with E-state index in [-0.39, 0.29) is 25.5 Å². The quantitative estimate of drug-likeness (QED) is 0.441. The van der Waals surface area contributed by atoms with Crippen LogP contribution in [0, 0.1) is 0 Å². The highest BCUT2D eigenvalue weighted by Gasteiger charge is 2.37. The van der Waals surface area contributed by atoms with Gasteiger partial charge in [-0.1, -0.05) is 13.3 Å². The fourth-order valence-corrected chi connectivity index (χ4v) is 3.42. The van der Waals surface area contributed by atoms with E-state index in [1.54, 1.807) is 4.57 Å². The number of hydrogen-bond donors (Lipinski definition) is 3. The maximum atomic E-state index is 11.8. The number of phosphoric acid groups is 1. The Morgan fingerprint density at radius 1 is 1.42 bits per heavy atom. The first-order valence-corrected chi connectivity index (χ1v) is 9.79. The summed E-state index contributed by atoms with van der Waals surface area (Å²) in [6, 6.07) is 0. The molecule has 0 amide bonds. The van der Waals surface area contributed by atoms with Crippen molar-refractivity contribution < 1.29 is 28.3 Å². The van der Waals surface area contributed by atoms with Crippen molar-refractivity contribution in [1.82, 2.24) is 19.5 Å². The van der Waals surface area contributed by atoms with E-state index in [9.17, 15) is 14.6 Å². The number of nitrogens with zero attached hydrogens (tertiary/aromatic N) is 4. The number of fused-ring (bicyclic) bond motifs is 1. The zero-order valence-electron chi connectivity index (χ0n) is 14.3. The molecule has 0 aliphatic carbocycles. The minimum atomic E-state index is -4.17. The third-order valence-electron chi connectivity index (χ3n) is 4.06. The highest BCUT2D eigenvalue weighted by Crippen LogP contribution is 2.44. The van der Waals surface area contributed by atoms with Gasteiger partial charge in [-0.15, -0.1) is 0 Å². The van der Waals surface area contributed by atoms with Crippen LogP contribution in [0.15, 0.2) is 12.7 Å². The van der Waals surface area contributed by atoms with Crippen LogP contribution in [0.2, 0.25) is 0 Å². The molecule has 26 heavy (non-hydrogen) atoms. The molecule has 3 heterocycles. The van der Waals surface area contributed by atoms with E-state index in [0.717, 1.165) is 6.42 Å². The van der Waals surface area contributed by atoms with Crippen LogP contribution in [0.25, 0.3) is 11.2 Å². The molecule has 2 aromatic rings. The lowest BCUT2D eigenvalue weighted by molar-refractivity contribution is -0.0439. The van der Waals surface area contributed by atoms with Crippen molar-refractivity contribution in [2.75, 3.05) is 18.9 Å². The molecule has 0 saturated carbocycles. The Kier molecular flexibility index (Phi) is 5.86. The zero-order chi connectivity index (χ0) is 18.7. The van der Waals surface area contributed by atoms with E-state index in [2.05, 4.69) is 15.0 Å². The molecular formula is C14H22N5O6P. The van der Waals surface area contributed by atoms with Crippen molar-refractivity contribution in [2.45, 2.75) is 44.6 Å². The summed E-state index contributed by atoms with van der Waals surface area (Å²) >= 11 is 0. The first-order valence-electron chi connectivity index (χ1n) is 8.29. The van der Waals surface area contributed by atoms with E-state index in [4.69, 9.17) is 19.5 Å². The number of aliphatic hydroxyl groups excluding tert-OH is 1. The molecule has 2 aromatic heterocycles. The van der Waals surface area contributed by atoms with Gasteiger partial charge in [0.15, 0.2) is 11.5 Å². The van der Waals surface area contributed by atoms with Crippen LogP contribution in [0.5, 0.6) is 0 Å². The van der Waals surface area contributed by atoms with Crippen molar-refractivity contribution in [3.63, 3.8) is 0 Å². The number of unbranched alkanes of at least 4 members (excludes halogenated alkanes) is 1. The van der Waals surface area contributed by atoms with E-state index in [1.807, 2.05) is 6.92 Å². The van der Waals surface area contributed by atoms with Crippen LogP contribution in [0.3, 0.4) is 0 Å². The van der Waals surface area contributed by atoms with Crippen LogP contribution in [-0.2, 0) is 18.3 Å². The summed E-state index contributed by atoms with van der Waals surface area (Å²) < 4.78 is 29.0. The molecule has 0 aromatic carbocycles. The number of ether oxygens (including phenoxy) is 1. The predicted octanol–water partition coefficient (Wildman–Crippen LogP) is 0.991. The Balaban J connectivity index is 1.62. The van der Waals surface area contributed by atoms with Gasteiger partial charge in [-0.25, -0.2) is 19.5 Å². The van der Waals surface area contributed by atoms with Gasteiger partial charge in [0.2, 0.25) is 0 Å². The molecule has 1 unspecified atom stereocenters. The summed E-state index contributed by atoms with van der Waals surface area (Å²) in [7, 11) is -4.17. The van der Waals surface area contributed by atoms with Crippen molar-refractivity contribution in [3.05, 3.63) is 12.7 Å². The molecule has 4 atom stereocenters. The number of anilines is 1. The molecule has 0 bridgehead atoms. The average Bonchev–Trinajstić information content (AvgIpc) is 3.17. The molecule has 3 rings (SSSR count). The Morgan fingerprint density at radius 2 is 2.23 bits per heavy atom. The number of nitrogen functional groups attached to an aromatic ring is 1. The molecule has 1 aliphatic rings. The maximum Gasteiger partial charge on any atom is 0.472 e. The Bertz CT molecular complexity index is 801. The molecule has 1 fully saturated rings. The van der Waals surface area contributed by atoms with Gasteiger partial charge in [0, 0.05) is 6.42 Å². The molecule has 11 nitrogen and oxygen atoms in total. The number of rotatable bonds is 8. The molecule has 0 radical (unpaired) electrons. The number of hydrogen-bond acceptors (Lipinski definition) is 9. The van der Waals surface area contributed by atoms with Crippen LogP contribution in [-0.4, -0.2) is 54.9 Å². The van der Waals surface area contributed by atoms with Gasteiger partial charge in [-0.05, 0) is 6.42 Å². The van der Waals surface area contributed by atoms with Crippen molar-refractivity contribution in [2.24, 2.45) is 0 Å². The van der Waals surface area contributed by atoms with E-state index in [1.165, 1.54) is 12.7 Å². The van der Waals surface area contributed by atoms with Gasteiger partial charge >= 0.3 is 7.82 Å². The van der Waals surface area contributed by atoms with Gasteiger partial charge in [0.25, 0.3) is 0 Å². The van der Waals surface area contributed by atoms with Gasteiger partial charge in [-0.2, -0.15) is 0 Å². The number of aliphatic hydroxyl groups is 1. The topological polar surface area (TPSA) is 155 Å². The summed E-state index contributed by atoms with van der Waals surface area (Å²) in [6.07, 6.45) is 2.32. The predicted molar refractivity (Wildman–Crippen MR) is 90.9 cm³/mol. The van der Waals surface area contributed by atoms with E-state index >= 15 is 0 Å². The summed E-state index contributed by atoms with van der Waals surface area (Å²) in [6.45, 7) is 1.79. The fraction of sp³-hybridized carbons (Fsp3) is 0.643. The number of aromatic nitrogens is 4. The second-order valence-electron chi connectivity index (χ2n) is 5.97. The molecule has 4 N–H and O–H groups in total. The monoisotopic (exact) mass is 387 g/mol. The van der Waals surface area contributed by atoms with Crippen LogP contribution < -0.4 is 5.73 Å². The third-order valence-corrected chi connectivity index (χ3v) is 5.04. The largest absolute Gasteiger partial charge is 0.472 e. The summed E-state index contributed by atoms with van der Waals surface area (Å²) in [5.74, 6) is 0.248. The first-order chi connectivity index (χ1) is 12.4. The number of nitrogens with two attached hydrogens (primary N) is 1. The lowest BCUT2D eigenvalue weighted by atomic mass is 10.2. The third kappa shape index (κ3) is 4.20. The average molecular weight is 387 g/mol. The Labute approximate surface area is 149 Å². The second kappa shape index (κ2) is 7.95. The second-order valence-corrected chi connectivity index (χ2v) is 7.42. The first kappa shape index (κ1) is 19.2. The summed E-state index contributed by atoms with van der Waals surface area (Å²) in [5, 5.41) is 10.2. The van der Waals surface area contributed by atoms with Crippen LogP contribution in [0.1, 0.15) is 32.4 Å². The zero-order valence-corrected chi connectivity index (χ0v) is 15.2. The molecule has 1 aliphatic heterocycles. The standard InChI is InChI=1S/C14H22N5O6P/c1-2-3-4-23-26(21,22)24-6-10-9(20)5-11(25-10)19-8-18-12-13(15)16-7-17-14(12)19/h7-11,20H,2-6H2,1H3,(H,21,22)(H2,15,16,17)/t9-,10+,11+/m0/s1. The minimum absolute atomic E-state index is 0.128. The van der Waals surface area contributed by atoms with Crippen molar-refractivity contribution in [3.8, 4) is 0 Å². The lowest BCUT2D eigenvalue weighted by Crippen LogP contribution is -2.26. The number of phosphoric ester groups is 1.